The number of nitrogens with zero attached hydrogens (tertiary/aromatic N) is 1. The molecule has 0 aromatic carbocycles. The normalized spacial score (nSPS) is 19.3. The van der Waals surface area contributed by atoms with Gasteiger partial charge in [0.05, 0.1) is 6.04 Å². The highest BCUT2D eigenvalue weighted by Gasteiger charge is 2.18. The molecule has 1 heterocycles. The van der Waals surface area contributed by atoms with E-state index in [4.69, 9.17) is 5.73 Å². The monoisotopic (exact) mass is 287 g/mol. The molecule has 4 nitrogen and oxygen atoms in total. The van der Waals surface area contributed by atoms with Crippen LogP contribution >= 0.6 is 11.8 Å². The Labute approximate surface area is 121 Å². The van der Waals surface area contributed by atoms with Crippen molar-refractivity contribution < 1.29 is 4.79 Å². The standard InChI is InChI=1S/C14H29N3OS/c1-3-17-9-5-12(6-10-17)4-8-16-14(18)13(15)7-11-19-2/h12-13H,3-11,15H2,1-2H3,(H,16,18)/t13-/m0/s1. The van der Waals surface area contributed by atoms with Crippen LogP contribution in [0.4, 0.5) is 0 Å². The molecule has 1 aliphatic rings. The van der Waals surface area contributed by atoms with E-state index in [9.17, 15) is 4.79 Å². The van der Waals surface area contributed by atoms with Gasteiger partial charge in [-0.05, 0) is 63.2 Å². The second-order valence-corrected chi connectivity index (χ2v) is 6.33. The summed E-state index contributed by atoms with van der Waals surface area (Å²) in [7, 11) is 0. The van der Waals surface area contributed by atoms with Crippen molar-refractivity contribution in [3.8, 4) is 0 Å². The fraction of sp³-hybridized carbons (Fsp3) is 0.929. The van der Waals surface area contributed by atoms with Crippen molar-refractivity contribution in [2.75, 3.05) is 38.2 Å². The second kappa shape index (κ2) is 9.61. The molecule has 1 atom stereocenters. The molecule has 19 heavy (non-hydrogen) atoms. The molecule has 1 aliphatic heterocycles. The Balaban J connectivity index is 2.08. The van der Waals surface area contributed by atoms with Crippen LogP contribution in [0.2, 0.25) is 0 Å². The van der Waals surface area contributed by atoms with Gasteiger partial charge in [-0.2, -0.15) is 11.8 Å². The highest BCUT2D eigenvalue weighted by molar-refractivity contribution is 7.98. The van der Waals surface area contributed by atoms with Crippen LogP contribution in [0, 0.1) is 5.92 Å². The van der Waals surface area contributed by atoms with E-state index in [0.29, 0.717) is 0 Å². The Hall–Kier alpha value is -0.260. The first-order valence-electron chi connectivity index (χ1n) is 7.42. The summed E-state index contributed by atoms with van der Waals surface area (Å²) in [5.41, 5.74) is 5.83. The zero-order chi connectivity index (χ0) is 14.1. The molecule has 0 aromatic rings. The van der Waals surface area contributed by atoms with Crippen molar-refractivity contribution in [1.29, 1.82) is 0 Å². The SMILES string of the molecule is CCN1CCC(CCNC(=O)[C@@H](N)CCSC)CC1. The van der Waals surface area contributed by atoms with Crippen molar-refractivity contribution in [3.05, 3.63) is 0 Å². The number of thioether (sulfide) groups is 1. The van der Waals surface area contributed by atoms with Gasteiger partial charge < -0.3 is 16.0 Å². The molecule has 0 spiro atoms. The quantitative estimate of drug-likeness (QED) is 0.706. The third kappa shape index (κ3) is 6.63. The maximum absolute atomic E-state index is 11.7. The number of hydrogen-bond acceptors (Lipinski definition) is 4. The average Bonchev–Trinajstić information content (AvgIpc) is 2.45. The molecule has 1 rings (SSSR count). The van der Waals surface area contributed by atoms with Crippen LogP contribution in [0.1, 0.15) is 32.6 Å². The summed E-state index contributed by atoms with van der Waals surface area (Å²) >= 11 is 1.73. The van der Waals surface area contributed by atoms with Gasteiger partial charge in [-0.25, -0.2) is 0 Å². The third-order valence-corrected chi connectivity index (χ3v) is 4.62. The molecule has 0 unspecified atom stereocenters. The van der Waals surface area contributed by atoms with Crippen LogP contribution in [-0.2, 0) is 4.79 Å². The Morgan fingerprint density at radius 3 is 2.74 bits per heavy atom. The van der Waals surface area contributed by atoms with Gasteiger partial charge in [0, 0.05) is 6.54 Å². The van der Waals surface area contributed by atoms with E-state index in [1.54, 1.807) is 11.8 Å². The summed E-state index contributed by atoms with van der Waals surface area (Å²) in [6.45, 7) is 6.58. The number of hydrogen-bond donors (Lipinski definition) is 2. The van der Waals surface area contributed by atoms with E-state index in [1.807, 2.05) is 6.26 Å². The number of nitrogens with one attached hydrogen (secondary N) is 1. The van der Waals surface area contributed by atoms with Gasteiger partial charge in [0.15, 0.2) is 0 Å². The van der Waals surface area contributed by atoms with Crippen LogP contribution in [0.25, 0.3) is 0 Å². The largest absolute Gasteiger partial charge is 0.355 e. The Morgan fingerprint density at radius 1 is 1.47 bits per heavy atom. The molecule has 0 aromatic heterocycles. The fourth-order valence-electron chi connectivity index (χ4n) is 2.50. The molecule has 112 valence electrons. The summed E-state index contributed by atoms with van der Waals surface area (Å²) < 4.78 is 0. The van der Waals surface area contributed by atoms with Crippen LogP contribution in [0.3, 0.4) is 0 Å². The predicted molar refractivity (Wildman–Crippen MR) is 83.4 cm³/mol. The van der Waals surface area contributed by atoms with Crippen molar-refractivity contribution in [2.45, 2.75) is 38.6 Å². The minimum absolute atomic E-state index is 0.0139. The summed E-state index contributed by atoms with van der Waals surface area (Å²) in [5, 5.41) is 2.98. The van der Waals surface area contributed by atoms with E-state index >= 15 is 0 Å². The van der Waals surface area contributed by atoms with Gasteiger partial charge in [-0.1, -0.05) is 6.92 Å². The van der Waals surface area contributed by atoms with Crippen LogP contribution in [0.15, 0.2) is 0 Å². The van der Waals surface area contributed by atoms with Crippen molar-refractivity contribution >= 4 is 17.7 Å². The predicted octanol–water partition coefficient (Wildman–Crippen LogP) is 1.31. The lowest BCUT2D eigenvalue weighted by Gasteiger charge is -2.31. The number of likely N-dealkylation sites (tertiary alicyclic amines) is 1. The molecule has 0 radical (unpaired) electrons. The fourth-order valence-corrected chi connectivity index (χ4v) is 2.99. The number of rotatable bonds is 8. The van der Waals surface area contributed by atoms with Crippen molar-refractivity contribution in [1.82, 2.24) is 10.2 Å². The van der Waals surface area contributed by atoms with Gasteiger partial charge in [-0.15, -0.1) is 0 Å². The van der Waals surface area contributed by atoms with Gasteiger partial charge in [0.25, 0.3) is 0 Å². The number of piperidine rings is 1. The van der Waals surface area contributed by atoms with E-state index in [-0.39, 0.29) is 11.9 Å². The first kappa shape index (κ1) is 16.8. The molecule has 1 amide bonds. The third-order valence-electron chi connectivity index (χ3n) is 3.98. The van der Waals surface area contributed by atoms with Gasteiger partial charge >= 0.3 is 0 Å². The maximum atomic E-state index is 11.7. The maximum Gasteiger partial charge on any atom is 0.236 e. The minimum atomic E-state index is -0.339. The molecule has 1 saturated heterocycles. The topological polar surface area (TPSA) is 58.4 Å². The number of carbonyl (C=O) groups excluding carboxylic acids is 1. The van der Waals surface area contributed by atoms with E-state index in [0.717, 1.165) is 37.6 Å². The van der Waals surface area contributed by atoms with Gasteiger partial charge in [0.1, 0.15) is 0 Å². The summed E-state index contributed by atoms with van der Waals surface area (Å²) in [6.07, 6.45) is 6.43. The summed E-state index contributed by atoms with van der Waals surface area (Å²) in [4.78, 5) is 14.2. The molecular formula is C14H29N3OS. The average molecular weight is 287 g/mol. The number of carbonyl (C=O) groups is 1. The molecule has 0 aliphatic carbocycles. The first-order chi connectivity index (χ1) is 9.17. The number of nitrogens with two attached hydrogens (primary N) is 1. The lowest BCUT2D eigenvalue weighted by Crippen LogP contribution is -2.42. The highest BCUT2D eigenvalue weighted by atomic mass is 32.2. The Bertz CT molecular complexity index is 255. The summed E-state index contributed by atoms with van der Waals surface area (Å²) in [6, 6.07) is -0.339. The zero-order valence-electron chi connectivity index (χ0n) is 12.4. The first-order valence-corrected chi connectivity index (χ1v) is 8.81. The second-order valence-electron chi connectivity index (χ2n) is 5.35. The number of amides is 1. The highest BCUT2D eigenvalue weighted by Crippen LogP contribution is 2.19. The molecule has 0 saturated carbocycles. The summed E-state index contributed by atoms with van der Waals surface area (Å²) in [5.74, 6) is 1.73. The Kier molecular flexibility index (Phi) is 8.50. The molecule has 5 heteroatoms. The lowest BCUT2D eigenvalue weighted by atomic mass is 9.93. The van der Waals surface area contributed by atoms with Crippen LogP contribution < -0.4 is 11.1 Å². The van der Waals surface area contributed by atoms with E-state index < -0.39 is 0 Å². The van der Waals surface area contributed by atoms with Crippen LogP contribution in [-0.4, -0.2) is 55.0 Å². The van der Waals surface area contributed by atoms with Crippen molar-refractivity contribution in [2.24, 2.45) is 11.7 Å². The molecular weight excluding hydrogens is 258 g/mol. The lowest BCUT2D eigenvalue weighted by molar-refractivity contribution is -0.122. The minimum Gasteiger partial charge on any atom is -0.355 e. The zero-order valence-corrected chi connectivity index (χ0v) is 13.2. The Morgan fingerprint density at radius 2 is 2.16 bits per heavy atom. The van der Waals surface area contributed by atoms with Crippen LogP contribution in [0.5, 0.6) is 0 Å². The van der Waals surface area contributed by atoms with Gasteiger partial charge in [-0.3, -0.25) is 4.79 Å². The van der Waals surface area contributed by atoms with Gasteiger partial charge in [0.2, 0.25) is 5.91 Å². The smallest absolute Gasteiger partial charge is 0.236 e. The molecule has 3 N–H and O–H groups in total. The molecule has 1 fully saturated rings. The van der Waals surface area contributed by atoms with E-state index in [1.165, 1.54) is 25.9 Å². The van der Waals surface area contributed by atoms with E-state index in [2.05, 4.69) is 17.1 Å². The molecule has 0 bridgehead atoms. The van der Waals surface area contributed by atoms with Crippen molar-refractivity contribution in [3.63, 3.8) is 0 Å².